The summed E-state index contributed by atoms with van der Waals surface area (Å²) >= 11 is 0. The molecule has 114 valence electrons. The molecule has 0 spiro atoms. The lowest BCUT2D eigenvalue weighted by atomic mass is 9.88. The van der Waals surface area contributed by atoms with E-state index in [0.29, 0.717) is 19.1 Å². The van der Waals surface area contributed by atoms with Crippen LogP contribution in [0.1, 0.15) is 36.8 Å². The lowest BCUT2D eigenvalue weighted by Crippen LogP contribution is -2.36. The number of amides is 1. The first-order valence-corrected chi connectivity index (χ1v) is 8.12. The van der Waals surface area contributed by atoms with Crippen LogP contribution in [0.15, 0.2) is 18.2 Å². The molecule has 0 unspecified atom stereocenters. The van der Waals surface area contributed by atoms with Gasteiger partial charge in [0.05, 0.1) is 6.54 Å². The van der Waals surface area contributed by atoms with Crippen molar-refractivity contribution in [3.05, 3.63) is 29.3 Å². The fraction of sp³-hybridized carbons (Fsp3) is 0.611. The molecule has 2 saturated carbocycles. The maximum Gasteiger partial charge on any atom is 0.223 e. The van der Waals surface area contributed by atoms with Crippen LogP contribution in [0.4, 0.5) is 0 Å². The summed E-state index contributed by atoms with van der Waals surface area (Å²) in [5.41, 5.74) is 2.30. The lowest BCUT2D eigenvalue weighted by molar-refractivity contribution is -0.126. The molecule has 0 aliphatic heterocycles. The molecule has 3 rings (SSSR count). The minimum absolute atomic E-state index is 0.243. The largest absolute Gasteiger partial charge is 0.491 e. The molecule has 21 heavy (non-hydrogen) atoms. The SMILES string of the molecule is Cc1cccc(C)c1OCCNC(=O)[C@@H]1C[C@H]2CC[C@H]1C2. The van der Waals surface area contributed by atoms with Gasteiger partial charge < -0.3 is 10.1 Å². The minimum Gasteiger partial charge on any atom is -0.491 e. The molecule has 2 aliphatic carbocycles. The molecule has 2 aliphatic rings. The fourth-order valence-electron chi connectivity index (χ4n) is 4.05. The van der Waals surface area contributed by atoms with Crippen molar-refractivity contribution in [1.29, 1.82) is 0 Å². The fourth-order valence-corrected chi connectivity index (χ4v) is 4.05. The summed E-state index contributed by atoms with van der Waals surface area (Å²) in [6.07, 6.45) is 4.97. The number of rotatable bonds is 5. The standard InChI is InChI=1S/C18H25NO2/c1-12-4-3-5-13(2)17(12)21-9-8-19-18(20)16-11-14-6-7-15(16)10-14/h3-5,14-16H,6-11H2,1-2H3,(H,19,20)/t14-,15-,16+/m0/s1. The Hall–Kier alpha value is -1.51. The van der Waals surface area contributed by atoms with Crippen LogP contribution in [0, 0.1) is 31.6 Å². The zero-order valence-corrected chi connectivity index (χ0v) is 13.0. The number of carbonyl (C=O) groups is 1. The first kappa shape index (κ1) is 14.4. The Morgan fingerprint density at radius 3 is 2.62 bits per heavy atom. The summed E-state index contributed by atoms with van der Waals surface area (Å²) in [6.45, 7) is 5.24. The Kier molecular flexibility index (Phi) is 4.18. The molecule has 0 saturated heterocycles. The normalized spacial score (nSPS) is 26.9. The Labute approximate surface area is 127 Å². The molecule has 2 fully saturated rings. The van der Waals surface area contributed by atoms with Crippen LogP contribution in [-0.2, 0) is 4.79 Å². The van der Waals surface area contributed by atoms with Gasteiger partial charge in [-0.1, -0.05) is 24.6 Å². The van der Waals surface area contributed by atoms with Crippen LogP contribution in [-0.4, -0.2) is 19.1 Å². The molecule has 1 amide bonds. The molecule has 3 heteroatoms. The highest BCUT2D eigenvalue weighted by Crippen LogP contribution is 2.48. The van der Waals surface area contributed by atoms with Gasteiger partial charge in [-0.3, -0.25) is 4.79 Å². The van der Waals surface area contributed by atoms with Gasteiger partial charge in [0.1, 0.15) is 12.4 Å². The van der Waals surface area contributed by atoms with Crippen LogP contribution in [0.5, 0.6) is 5.75 Å². The van der Waals surface area contributed by atoms with Crippen LogP contribution in [0.3, 0.4) is 0 Å². The smallest absolute Gasteiger partial charge is 0.223 e. The molecular weight excluding hydrogens is 262 g/mol. The summed E-state index contributed by atoms with van der Waals surface area (Å²) in [7, 11) is 0. The van der Waals surface area contributed by atoms with E-state index in [4.69, 9.17) is 4.74 Å². The number of aryl methyl sites for hydroxylation is 2. The van der Waals surface area contributed by atoms with Gasteiger partial charge in [-0.25, -0.2) is 0 Å². The second-order valence-electron chi connectivity index (χ2n) is 6.64. The molecule has 3 atom stereocenters. The van der Waals surface area contributed by atoms with E-state index < -0.39 is 0 Å². The Balaban J connectivity index is 1.43. The number of hydrogen-bond donors (Lipinski definition) is 1. The number of hydrogen-bond acceptors (Lipinski definition) is 2. The molecule has 1 aromatic rings. The third-order valence-electron chi connectivity index (χ3n) is 5.13. The molecular formula is C18H25NO2. The molecule has 3 nitrogen and oxygen atoms in total. The number of fused-ring (bicyclic) bond motifs is 2. The lowest BCUT2D eigenvalue weighted by Gasteiger charge is -2.21. The van der Waals surface area contributed by atoms with Crippen molar-refractivity contribution in [1.82, 2.24) is 5.32 Å². The van der Waals surface area contributed by atoms with Crippen molar-refractivity contribution in [2.24, 2.45) is 17.8 Å². The van der Waals surface area contributed by atoms with Crippen LogP contribution >= 0.6 is 0 Å². The van der Waals surface area contributed by atoms with Gasteiger partial charge in [-0.2, -0.15) is 0 Å². The van der Waals surface area contributed by atoms with E-state index in [9.17, 15) is 4.79 Å². The third kappa shape index (κ3) is 3.07. The van der Waals surface area contributed by atoms with Gasteiger partial charge in [0, 0.05) is 5.92 Å². The third-order valence-corrected chi connectivity index (χ3v) is 5.13. The van der Waals surface area contributed by atoms with Crippen LogP contribution < -0.4 is 10.1 Å². The first-order valence-electron chi connectivity index (χ1n) is 8.12. The highest BCUT2D eigenvalue weighted by Gasteiger charge is 2.42. The van der Waals surface area contributed by atoms with Gasteiger partial charge in [0.15, 0.2) is 0 Å². The van der Waals surface area contributed by atoms with Gasteiger partial charge in [-0.15, -0.1) is 0 Å². The molecule has 1 aromatic carbocycles. The predicted molar refractivity (Wildman–Crippen MR) is 83.4 cm³/mol. The van der Waals surface area contributed by atoms with E-state index in [1.165, 1.54) is 19.3 Å². The van der Waals surface area contributed by atoms with Gasteiger partial charge >= 0.3 is 0 Å². The molecule has 0 radical (unpaired) electrons. The first-order chi connectivity index (χ1) is 10.1. The van der Waals surface area contributed by atoms with Crippen molar-refractivity contribution in [3.8, 4) is 5.75 Å². The average Bonchev–Trinajstić information content (AvgIpc) is 3.08. The molecule has 0 heterocycles. The minimum atomic E-state index is 0.243. The zero-order chi connectivity index (χ0) is 14.8. The van der Waals surface area contributed by atoms with E-state index in [1.807, 2.05) is 6.07 Å². The van der Waals surface area contributed by atoms with E-state index in [1.54, 1.807) is 0 Å². The maximum absolute atomic E-state index is 12.2. The topological polar surface area (TPSA) is 38.3 Å². The number of nitrogens with one attached hydrogen (secondary N) is 1. The van der Waals surface area contributed by atoms with Crippen molar-refractivity contribution in [2.75, 3.05) is 13.2 Å². The zero-order valence-electron chi connectivity index (χ0n) is 13.0. The average molecular weight is 287 g/mol. The number of ether oxygens (including phenoxy) is 1. The summed E-state index contributed by atoms with van der Waals surface area (Å²) < 4.78 is 5.83. The Morgan fingerprint density at radius 2 is 2.00 bits per heavy atom. The second kappa shape index (κ2) is 6.08. The number of carbonyl (C=O) groups excluding carboxylic acids is 1. The summed E-state index contributed by atoms with van der Waals surface area (Å²) in [5.74, 6) is 2.93. The van der Waals surface area contributed by atoms with E-state index >= 15 is 0 Å². The van der Waals surface area contributed by atoms with Crippen LogP contribution in [0.2, 0.25) is 0 Å². The van der Waals surface area contributed by atoms with Crippen molar-refractivity contribution in [2.45, 2.75) is 39.5 Å². The second-order valence-corrected chi connectivity index (χ2v) is 6.64. The van der Waals surface area contributed by atoms with Crippen molar-refractivity contribution in [3.63, 3.8) is 0 Å². The highest BCUT2D eigenvalue weighted by molar-refractivity contribution is 5.79. The Morgan fingerprint density at radius 1 is 1.24 bits per heavy atom. The molecule has 2 bridgehead atoms. The van der Waals surface area contributed by atoms with Crippen molar-refractivity contribution >= 4 is 5.91 Å². The van der Waals surface area contributed by atoms with Gasteiger partial charge in [-0.05, 0) is 56.1 Å². The van der Waals surface area contributed by atoms with Crippen molar-refractivity contribution < 1.29 is 9.53 Å². The van der Waals surface area contributed by atoms with E-state index in [0.717, 1.165) is 29.2 Å². The predicted octanol–water partition coefficient (Wildman–Crippen LogP) is 3.23. The molecule has 1 N–H and O–H groups in total. The van der Waals surface area contributed by atoms with Gasteiger partial charge in [0.2, 0.25) is 5.91 Å². The van der Waals surface area contributed by atoms with E-state index in [2.05, 4.69) is 31.3 Å². The summed E-state index contributed by atoms with van der Waals surface area (Å²) in [6, 6.07) is 6.14. The highest BCUT2D eigenvalue weighted by atomic mass is 16.5. The quantitative estimate of drug-likeness (QED) is 0.844. The van der Waals surface area contributed by atoms with Gasteiger partial charge in [0.25, 0.3) is 0 Å². The number of para-hydroxylation sites is 1. The summed E-state index contributed by atoms with van der Waals surface area (Å²) in [4.78, 5) is 12.2. The number of benzene rings is 1. The van der Waals surface area contributed by atoms with E-state index in [-0.39, 0.29) is 11.8 Å². The van der Waals surface area contributed by atoms with Crippen LogP contribution in [0.25, 0.3) is 0 Å². The Bertz CT molecular complexity index is 506. The monoisotopic (exact) mass is 287 g/mol. The maximum atomic E-state index is 12.2. The summed E-state index contributed by atoms with van der Waals surface area (Å²) in [5, 5.41) is 3.05. The molecule has 0 aromatic heterocycles.